The van der Waals surface area contributed by atoms with Gasteiger partial charge < -0.3 is 5.32 Å². The Labute approximate surface area is 119 Å². The standard InChI is InChI=1S/C14H24N2S2/c1-5-15-9-11-12(14(2,3)4)16-13(18-11)10-7-6-8-17-10/h10,15H,5-9H2,1-4H3. The third-order valence-corrected chi connectivity index (χ3v) is 5.87. The summed E-state index contributed by atoms with van der Waals surface area (Å²) in [4.78, 5) is 6.41. The van der Waals surface area contributed by atoms with Gasteiger partial charge in [-0.25, -0.2) is 4.98 Å². The lowest BCUT2D eigenvalue weighted by Crippen LogP contribution is -2.18. The zero-order chi connectivity index (χ0) is 13.2. The molecule has 1 atom stereocenters. The molecule has 1 aromatic rings. The molecule has 102 valence electrons. The number of thioether (sulfide) groups is 1. The fourth-order valence-electron chi connectivity index (χ4n) is 2.22. The first kappa shape index (κ1) is 14.4. The largest absolute Gasteiger partial charge is 0.312 e. The van der Waals surface area contributed by atoms with Crippen molar-refractivity contribution in [3.05, 3.63) is 15.6 Å². The van der Waals surface area contributed by atoms with Crippen molar-refractivity contribution in [2.75, 3.05) is 12.3 Å². The summed E-state index contributed by atoms with van der Waals surface area (Å²) in [7, 11) is 0. The van der Waals surface area contributed by atoms with Crippen LogP contribution < -0.4 is 5.32 Å². The fourth-order valence-corrected chi connectivity index (χ4v) is 4.98. The molecule has 0 spiro atoms. The van der Waals surface area contributed by atoms with Crippen LogP contribution in [0.2, 0.25) is 0 Å². The first-order chi connectivity index (χ1) is 8.52. The van der Waals surface area contributed by atoms with Crippen molar-refractivity contribution in [1.82, 2.24) is 10.3 Å². The molecular weight excluding hydrogens is 260 g/mol. The first-order valence-corrected chi connectivity index (χ1v) is 8.71. The smallest absolute Gasteiger partial charge is 0.106 e. The van der Waals surface area contributed by atoms with Gasteiger partial charge in [0.2, 0.25) is 0 Å². The summed E-state index contributed by atoms with van der Waals surface area (Å²) in [5, 5.41) is 5.46. The molecule has 1 unspecified atom stereocenters. The SMILES string of the molecule is CCNCc1sc(C2CCCS2)nc1C(C)(C)C. The highest BCUT2D eigenvalue weighted by molar-refractivity contribution is 7.99. The number of aromatic nitrogens is 1. The van der Waals surface area contributed by atoms with Gasteiger partial charge in [0.05, 0.1) is 10.9 Å². The average Bonchev–Trinajstić information content (AvgIpc) is 2.93. The summed E-state index contributed by atoms with van der Waals surface area (Å²) in [6.45, 7) is 11.0. The highest BCUT2D eigenvalue weighted by Gasteiger charge is 2.27. The van der Waals surface area contributed by atoms with E-state index in [-0.39, 0.29) is 5.41 Å². The number of hydrogen-bond acceptors (Lipinski definition) is 4. The van der Waals surface area contributed by atoms with Crippen LogP contribution in [0.5, 0.6) is 0 Å². The average molecular weight is 284 g/mol. The van der Waals surface area contributed by atoms with E-state index in [1.54, 1.807) is 0 Å². The van der Waals surface area contributed by atoms with Crippen LogP contribution in [0.15, 0.2) is 0 Å². The highest BCUT2D eigenvalue weighted by Crippen LogP contribution is 2.43. The van der Waals surface area contributed by atoms with E-state index in [4.69, 9.17) is 4.98 Å². The lowest BCUT2D eigenvalue weighted by atomic mass is 9.91. The summed E-state index contributed by atoms with van der Waals surface area (Å²) < 4.78 is 0. The van der Waals surface area contributed by atoms with Gasteiger partial charge in [-0.15, -0.1) is 11.3 Å². The molecule has 0 radical (unpaired) electrons. The molecule has 1 N–H and O–H groups in total. The van der Waals surface area contributed by atoms with Gasteiger partial charge >= 0.3 is 0 Å². The van der Waals surface area contributed by atoms with Gasteiger partial charge in [-0.1, -0.05) is 27.7 Å². The van der Waals surface area contributed by atoms with E-state index in [1.165, 1.54) is 34.2 Å². The maximum atomic E-state index is 4.97. The molecule has 4 heteroatoms. The van der Waals surface area contributed by atoms with Gasteiger partial charge in [0.1, 0.15) is 5.01 Å². The van der Waals surface area contributed by atoms with Crippen molar-refractivity contribution in [1.29, 1.82) is 0 Å². The van der Waals surface area contributed by atoms with E-state index in [0.717, 1.165) is 13.1 Å². The summed E-state index contributed by atoms with van der Waals surface area (Å²) in [5.41, 5.74) is 1.46. The van der Waals surface area contributed by atoms with E-state index < -0.39 is 0 Å². The second kappa shape index (κ2) is 5.93. The molecule has 0 amide bonds. The predicted molar refractivity (Wildman–Crippen MR) is 82.6 cm³/mol. The van der Waals surface area contributed by atoms with Crippen molar-refractivity contribution in [3.63, 3.8) is 0 Å². The second-order valence-electron chi connectivity index (χ2n) is 5.86. The topological polar surface area (TPSA) is 24.9 Å². The Hall–Kier alpha value is -0.0600. The molecule has 2 rings (SSSR count). The molecule has 2 heterocycles. The Kier molecular flexibility index (Phi) is 4.73. The van der Waals surface area contributed by atoms with Crippen molar-refractivity contribution in [2.24, 2.45) is 0 Å². The molecule has 1 saturated heterocycles. The Bertz CT molecular complexity index is 387. The molecule has 0 aromatic carbocycles. The molecule has 18 heavy (non-hydrogen) atoms. The predicted octanol–water partition coefficient (Wildman–Crippen LogP) is 4.12. The van der Waals surface area contributed by atoms with Crippen molar-refractivity contribution in [3.8, 4) is 0 Å². The Morgan fingerprint density at radius 1 is 1.39 bits per heavy atom. The zero-order valence-electron chi connectivity index (χ0n) is 11.9. The summed E-state index contributed by atoms with van der Waals surface area (Å²) >= 11 is 4.01. The molecule has 1 aliphatic rings. The number of nitrogens with zero attached hydrogens (tertiary/aromatic N) is 1. The van der Waals surface area contributed by atoms with Gasteiger partial charge in [0.25, 0.3) is 0 Å². The van der Waals surface area contributed by atoms with E-state index in [0.29, 0.717) is 5.25 Å². The van der Waals surface area contributed by atoms with Gasteiger partial charge in [-0.3, -0.25) is 0 Å². The van der Waals surface area contributed by atoms with Crippen molar-refractivity contribution in [2.45, 2.75) is 57.7 Å². The maximum Gasteiger partial charge on any atom is 0.106 e. The van der Waals surface area contributed by atoms with Crippen LogP contribution in [0.1, 0.15) is 61.4 Å². The van der Waals surface area contributed by atoms with Crippen molar-refractivity contribution < 1.29 is 0 Å². The zero-order valence-corrected chi connectivity index (χ0v) is 13.5. The van der Waals surface area contributed by atoms with Crippen LogP contribution in [0, 0.1) is 0 Å². The van der Waals surface area contributed by atoms with E-state index in [1.807, 2.05) is 11.3 Å². The number of rotatable bonds is 4. The molecule has 0 saturated carbocycles. The molecule has 1 aromatic heterocycles. The van der Waals surface area contributed by atoms with Crippen LogP contribution in [-0.4, -0.2) is 17.3 Å². The minimum atomic E-state index is 0.156. The Balaban J connectivity index is 2.24. The maximum absolute atomic E-state index is 4.97. The molecule has 0 bridgehead atoms. The van der Waals surface area contributed by atoms with Gasteiger partial charge in [-0.2, -0.15) is 11.8 Å². The van der Waals surface area contributed by atoms with Gasteiger partial charge in [0, 0.05) is 16.8 Å². The third-order valence-electron chi connectivity index (χ3n) is 3.16. The normalized spacial score (nSPS) is 20.6. The summed E-state index contributed by atoms with van der Waals surface area (Å²) in [6, 6.07) is 0. The molecule has 1 aliphatic heterocycles. The molecule has 2 nitrogen and oxygen atoms in total. The number of thiazole rings is 1. The van der Waals surface area contributed by atoms with Crippen LogP contribution >= 0.6 is 23.1 Å². The Morgan fingerprint density at radius 3 is 2.72 bits per heavy atom. The number of nitrogens with one attached hydrogen (secondary N) is 1. The Morgan fingerprint density at radius 2 is 2.17 bits per heavy atom. The van der Waals surface area contributed by atoms with Crippen LogP contribution in [0.25, 0.3) is 0 Å². The lowest BCUT2D eigenvalue weighted by Gasteiger charge is -2.17. The van der Waals surface area contributed by atoms with Crippen LogP contribution in [-0.2, 0) is 12.0 Å². The van der Waals surface area contributed by atoms with Crippen LogP contribution in [0.4, 0.5) is 0 Å². The number of hydrogen-bond donors (Lipinski definition) is 1. The minimum Gasteiger partial charge on any atom is -0.312 e. The van der Waals surface area contributed by atoms with Crippen LogP contribution in [0.3, 0.4) is 0 Å². The molecule has 0 aliphatic carbocycles. The van der Waals surface area contributed by atoms with Gasteiger partial charge in [-0.05, 0) is 25.1 Å². The van der Waals surface area contributed by atoms with E-state index in [9.17, 15) is 0 Å². The first-order valence-electron chi connectivity index (χ1n) is 6.84. The quantitative estimate of drug-likeness (QED) is 0.900. The highest BCUT2D eigenvalue weighted by atomic mass is 32.2. The second-order valence-corrected chi connectivity index (χ2v) is 8.28. The van der Waals surface area contributed by atoms with Gasteiger partial charge in [0.15, 0.2) is 0 Å². The third kappa shape index (κ3) is 3.28. The molecular formula is C14H24N2S2. The van der Waals surface area contributed by atoms with E-state index in [2.05, 4.69) is 44.8 Å². The van der Waals surface area contributed by atoms with E-state index >= 15 is 0 Å². The monoisotopic (exact) mass is 284 g/mol. The summed E-state index contributed by atoms with van der Waals surface area (Å²) in [6.07, 6.45) is 2.66. The molecule has 1 fully saturated rings. The minimum absolute atomic E-state index is 0.156. The van der Waals surface area contributed by atoms with Crippen molar-refractivity contribution >= 4 is 23.1 Å². The fraction of sp³-hybridized carbons (Fsp3) is 0.786. The summed E-state index contributed by atoms with van der Waals surface area (Å²) in [5.74, 6) is 1.30. The lowest BCUT2D eigenvalue weighted by molar-refractivity contribution is 0.558.